The maximum Gasteiger partial charge on any atom is 0.142 e. The van der Waals surface area contributed by atoms with Crippen LogP contribution in [0.4, 0.5) is 0 Å². The molecular formula is C16H25N5. The molecule has 0 N–H and O–H groups in total. The van der Waals surface area contributed by atoms with Crippen molar-refractivity contribution in [3.8, 4) is 6.07 Å². The van der Waals surface area contributed by atoms with E-state index in [1.165, 1.54) is 25.7 Å². The maximum absolute atomic E-state index is 9.55. The molecule has 5 heteroatoms. The normalized spacial score (nSPS) is 23.3. The van der Waals surface area contributed by atoms with Gasteiger partial charge in [-0.1, -0.05) is 12.8 Å². The molecule has 2 heterocycles. The van der Waals surface area contributed by atoms with E-state index in [1.54, 1.807) is 0 Å². The molecule has 0 aromatic carbocycles. The molecule has 0 spiro atoms. The Morgan fingerprint density at radius 1 is 1.24 bits per heavy atom. The van der Waals surface area contributed by atoms with Crippen LogP contribution in [0.1, 0.15) is 43.2 Å². The van der Waals surface area contributed by atoms with E-state index in [0.717, 1.165) is 43.7 Å². The van der Waals surface area contributed by atoms with E-state index in [4.69, 9.17) is 0 Å². The van der Waals surface area contributed by atoms with Crippen LogP contribution in [-0.4, -0.2) is 51.6 Å². The molecule has 1 aromatic heterocycles. The number of nitriles is 1. The fourth-order valence-corrected chi connectivity index (χ4v) is 3.68. The largest absolute Gasteiger partial charge is 0.338 e. The molecule has 0 radical (unpaired) electrons. The van der Waals surface area contributed by atoms with Crippen molar-refractivity contribution in [1.29, 1.82) is 5.26 Å². The van der Waals surface area contributed by atoms with E-state index >= 15 is 0 Å². The molecule has 0 amide bonds. The predicted octanol–water partition coefficient (Wildman–Crippen LogP) is 1.85. The van der Waals surface area contributed by atoms with Crippen LogP contribution in [0.25, 0.3) is 0 Å². The number of rotatable bonds is 3. The van der Waals surface area contributed by atoms with Crippen molar-refractivity contribution in [3.63, 3.8) is 0 Å². The molecule has 114 valence electrons. The minimum absolute atomic E-state index is 0.198. The van der Waals surface area contributed by atoms with Crippen LogP contribution in [-0.2, 0) is 7.05 Å². The Hall–Kier alpha value is -1.38. The van der Waals surface area contributed by atoms with Crippen molar-refractivity contribution in [2.75, 3.05) is 26.2 Å². The number of aryl methyl sites for hydroxylation is 2. The number of piperazine rings is 1. The van der Waals surface area contributed by atoms with Gasteiger partial charge in [-0.05, 0) is 19.8 Å². The third-order valence-electron chi connectivity index (χ3n) is 5.08. The van der Waals surface area contributed by atoms with Gasteiger partial charge in [-0.15, -0.1) is 0 Å². The summed E-state index contributed by atoms with van der Waals surface area (Å²) >= 11 is 0. The summed E-state index contributed by atoms with van der Waals surface area (Å²) in [6, 6.07) is 3.04. The second-order valence-electron chi connectivity index (χ2n) is 6.37. The van der Waals surface area contributed by atoms with Crippen LogP contribution in [0.2, 0.25) is 0 Å². The van der Waals surface area contributed by atoms with Gasteiger partial charge >= 0.3 is 0 Å². The molecule has 1 aliphatic carbocycles. The highest BCUT2D eigenvalue weighted by Crippen LogP contribution is 2.26. The Labute approximate surface area is 127 Å². The zero-order valence-corrected chi connectivity index (χ0v) is 13.1. The minimum Gasteiger partial charge on any atom is -0.338 e. The second kappa shape index (κ2) is 6.17. The molecule has 5 nitrogen and oxygen atoms in total. The lowest BCUT2D eigenvalue weighted by Gasteiger charge is -2.39. The molecule has 1 saturated heterocycles. The summed E-state index contributed by atoms with van der Waals surface area (Å²) in [5.74, 6) is 0.967. The van der Waals surface area contributed by atoms with Crippen molar-refractivity contribution >= 4 is 0 Å². The summed E-state index contributed by atoms with van der Waals surface area (Å²) in [6.45, 7) is 6.12. The summed E-state index contributed by atoms with van der Waals surface area (Å²) in [7, 11) is 1.98. The van der Waals surface area contributed by atoms with E-state index in [9.17, 15) is 5.26 Å². The summed E-state index contributed by atoms with van der Waals surface area (Å²) in [5, 5.41) is 9.55. The molecule has 2 fully saturated rings. The van der Waals surface area contributed by atoms with Crippen LogP contribution in [0, 0.1) is 18.3 Å². The van der Waals surface area contributed by atoms with Crippen molar-refractivity contribution in [2.24, 2.45) is 7.05 Å². The lowest BCUT2D eigenvalue weighted by atomic mass is 10.1. The van der Waals surface area contributed by atoms with E-state index in [1.807, 2.05) is 24.7 Å². The van der Waals surface area contributed by atoms with Gasteiger partial charge in [-0.3, -0.25) is 9.80 Å². The minimum atomic E-state index is -0.198. The summed E-state index contributed by atoms with van der Waals surface area (Å²) < 4.78 is 1.99. The Bertz CT molecular complexity index is 496. The van der Waals surface area contributed by atoms with Crippen molar-refractivity contribution in [1.82, 2.24) is 19.4 Å². The monoisotopic (exact) mass is 287 g/mol. The van der Waals surface area contributed by atoms with E-state index in [-0.39, 0.29) is 6.04 Å². The molecule has 1 atom stereocenters. The Morgan fingerprint density at radius 3 is 2.43 bits per heavy atom. The lowest BCUT2D eigenvalue weighted by molar-refractivity contribution is 0.0831. The number of hydrogen-bond donors (Lipinski definition) is 0. The Kier molecular flexibility index (Phi) is 4.27. The zero-order valence-electron chi connectivity index (χ0n) is 13.1. The number of aromatic nitrogens is 2. The van der Waals surface area contributed by atoms with Gasteiger partial charge in [0.15, 0.2) is 0 Å². The fourth-order valence-electron chi connectivity index (χ4n) is 3.68. The third kappa shape index (κ3) is 2.97. The summed E-state index contributed by atoms with van der Waals surface area (Å²) in [5.41, 5.74) is 0.895. The van der Waals surface area contributed by atoms with E-state index in [2.05, 4.69) is 20.9 Å². The average Bonchev–Trinajstić information content (AvgIpc) is 3.12. The van der Waals surface area contributed by atoms with Crippen molar-refractivity contribution < 1.29 is 0 Å². The molecule has 1 saturated carbocycles. The maximum atomic E-state index is 9.55. The molecule has 1 unspecified atom stereocenters. The Balaban J connectivity index is 1.63. The first-order valence-corrected chi connectivity index (χ1v) is 8.06. The van der Waals surface area contributed by atoms with Crippen LogP contribution in [0.3, 0.4) is 0 Å². The van der Waals surface area contributed by atoms with Gasteiger partial charge in [0.2, 0.25) is 0 Å². The van der Waals surface area contributed by atoms with Crippen LogP contribution >= 0.6 is 0 Å². The molecule has 21 heavy (non-hydrogen) atoms. The van der Waals surface area contributed by atoms with Crippen LogP contribution in [0.15, 0.2) is 6.20 Å². The number of imidazole rings is 1. The topological polar surface area (TPSA) is 48.1 Å². The van der Waals surface area contributed by atoms with Gasteiger partial charge in [-0.2, -0.15) is 5.26 Å². The first-order valence-electron chi connectivity index (χ1n) is 8.06. The fraction of sp³-hybridized carbons (Fsp3) is 0.750. The van der Waals surface area contributed by atoms with Gasteiger partial charge in [0.05, 0.1) is 11.8 Å². The summed E-state index contributed by atoms with van der Waals surface area (Å²) in [4.78, 5) is 9.45. The van der Waals surface area contributed by atoms with Crippen molar-refractivity contribution in [3.05, 3.63) is 17.7 Å². The summed E-state index contributed by atoms with van der Waals surface area (Å²) in [6.07, 6.45) is 7.49. The number of nitrogens with zero attached hydrogens (tertiary/aromatic N) is 5. The quantitative estimate of drug-likeness (QED) is 0.851. The van der Waals surface area contributed by atoms with Crippen LogP contribution < -0.4 is 0 Å². The van der Waals surface area contributed by atoms with Crippen molar-refractivity contribution in [2.45, 2.75) is 44.7 Å². The SMILES string of the molecule is Cc1nc(C(C#N)N2CCN(C3CCCC3)CC2)cn1C. The molecular weight excluding hydrogens is 262 g/mol. The molecule has 1 aliphatic heterocycles. The van der Waals surface area contributed by atoms with Crippen LogP contribution in [0.5, 0.6) is 0 Å². The van der Waals surface area contributed by atoms with Gasteiger partial charge in [0, 0.05) is 45.5 Å². The number of hydrogen-bond acceptors (Lipinski definition) is 4. The first kappa shape index (κ1) is 14.6. The molecule has 3 rings (SSSR count). The van der Waals surface area contributed by atoms with Gasteiger partial charge in [0.25, 0.3) is 0 Å². The third-order valence-corrected chi connectivity index (χ3v) is 5.08. The lowest BCUT2D eigenvalue weighted by Crippen LogP contribution is -2.50. The van der Waals surface area contributed by atoms with Gasteiger partial charge in [-0.25, -0.2) is 4.98 Å². The molecule has 1 aromatic rings. The highest BCUT2D eigenvalue weighted by Gasteiger charge is 2.30. The molecule has 0 bridgehead atoms. The van der Waals surface area contributed by atoms with Gasteiger partial charge < -0.3 is 4.57 Å². The smallest absolute Gasteiger partial charge is 0.142 e. The van der Waals surface area contributed by atoms with E-state index in [0.29, 0.717) is 0 Å². The second-order valence-corrected chi connectivity index (χ2v) is 6.37. The Morgan fingerprint density at radius 2 is 1.90 bits per heavy atom. The standard InChI is InChI=1S/C16H25N5/c1-13-18-15(12-19(13)2)16(11-17)21-9-7-20(8-10-21)14-5-3-4-6-14/h12,14,16H,3-10H2,1-2H3. The highest BCUT2D eigenvalue weighted by atomic mass is 15.3. The first-order chi connectivity index (χ1) is 10.2. The average molecular weight is 287 g/mol. The molecule has 2 aliphatic rings. The van der Waals surface area contributed by atoms with E-state index < -0.39 is 0 Å². The highest BCUT2D eigenvalue weighted by molar-refractivity contribution is 5.16. The predicted molar refractivity (Wildman–Crippen MR) is 81.7 cm³/mol. The van der Waals surface area contributed by atoms with Gasteiger partial charge in [0.1, 0.15) is 11.9 Å². The zero-order chi connectivity index (χ0) is 14.8.